The molecule has 21 heteroatoms. The molecule has 0 bridgehead atoms. The van der Waals surface area contributed by atoms with E-state index in [-0.39, 0.29) is 12.1 Å². The van der Waals surface area contributed by atoms with Gasteiger partial charge in [0.05, 0.1) is 4.90 Å². The second-order valence-corrected chi connectivity index (χ2v) is 7.82. The van der Waals surface area contributed by atoms with Crippen LogP contribution in [-0.4, -0.2) is 60.6 Å². The van der Waals surface area contributed by atoms with Gasteiger partial charge in [0.1, 0.15) is 0 Å². The van der Waals surface area contributed by atoms with E-state index in [1.807, 2.05) is 0 Å². The van der Waals surface area contributed by atoms with E-state index in [9.17, 15) is 79.1 Å². The first-order valence-corrected chi connectivity index (χ1v) is 9.27. The van der Waals surface area contributed by atoms with Gasteiger partial charge in [-0.3, -0.25) is 9.35 Å². The van der Waals surface area contributed by atoms with Crippen LogP contribution in [0.15, 0.2) is 29.2 Å². The summed E-state index contributed by atoms with van der Waals surface area (Å²) in [5, 5.41) is 0.644. The van der Waals surface area contributed by atoms with Crippen LogP contribution in [0.3, 0.4) is 0 Å². The third-order valence-electron chi connectivity index (χ3n) is 4.02. The van der Waals surface area contributed by atoms with E-state index in [4.69, 9.17) is 4.55 Å². The zero-order valence-corrected chi connectivity index (χ0v) is 16.4. The summed E-state index contributed by atoms with van der Waals surface area (Å²) in [6.07, 6.45) is -7.75. The fourth-order valence-corrected chi connectivity index (χ4v) is 2.51. The summed E-state index contributed by atoms with van der Waals surface area (Å²) in [5.41, 5.74) is -1.18. The smallest absolute Gasteiger partial charge is 0.321 e. The van der Waals surface area contributed by atoms with Gasteiger partial charge < -0.3 is 5.32 Å². The van der Waals surface area contributed by atoms with Crippen LogP contribution in [0.2, 0.25) is 0 Å². The van der Waals surface area contributed by atoms with E-state index in [1.54, 1.807) is 0 Å². The largest absolute Gasteiger partial charge is 0.460 e. The summed E-state index contributed by atoms with van der Waals surface area (Å²) in [6.45, 7) is 0. The normalized spacial score (nSPS) is 15.2. The van der Waals surface area contributed by atoms with E-state index in [1.165, 1.54) is 0 Å². The van der Waals surface area contributed by atoms with Gasteiger partial charge in [-0.05, 0) is 24.3 Å². The van der Waals surface area contributed by atoms with Crippen molar-refractivity contribution in [2.45, 2.75) is 46.6 Å². The van der Waals surface area contributed by atoms with Crippen molar-refractivity contribution in [3.8, 4) is 0 Å². The number of anilines is 1. The lowest BCUT2D eigenvalue weighted by Crippen LogP contribution is -2.73. The number of nitrogens with one attached hydrogen (secondary N) is 1. The van der Waals surface area contributed by atoms with Crippen LogP contribution in [0.4, 0.5) is 71.5 Å². The van der Waals surface area contributed by atoms with Gasteiger partial charge in [0.15, 0.2) is 0 Å². The second-order valence-electron chi connectivity index (χ2n) is 6.40. The lowest BCUT2D eigenvalue weighted by Gasteiger charge is -2.41. The van der Waals surface area contributed by atoms with Gasteiger partial charge in [-0.15, -0.1) is 0 Å². The minimum absolute atomic E-state index is 0.236. The van der Waals surface area contributed by atoms with Crippen LogP contribution < -0.4 is 5.32 Å². The minimum Gasteiger partial charge on any atom is -0.321 e. The molecule has 0 aliphatic rings. The Bertz CT molecular complexity index is 1060. The average Bonchev–Trinajstić information content (AvgIpc) is 2.65. The summed E-state index contributed by atoms with van der Waals surface area (Å²) in [4.78, 5) is 10.3. The molecule has 0 spiro atoms. The Morgan fingerprint density at radius 1 is 0.629 bits per heavy atom. The third-order valence-corrected chi connectivity index (χ3v) is 4.89. The average molecular weight is 569 g/mol. The Hall–Kier alpha value is -2.45. The third kappa shape index (κ3) is 4.58. The fraction of sp³-hybridized carbons (Fsp3) is 0.500. The molecule has 0 heterocycles. The Kier molecular flexibility index (Phi) is 7.26. The highest BCUT2D eigenvalue weighted by molar-refractivity contribution is 7.85. The molecule has 1 rings (SSSR count). The van der Waals surface area contributed by atoms with Gasteiger partial charge in [0.2, 0.25) is 0 Å². The van der Waals surface area contributed by atoms with E-state index < -0.39 is 68.3 Å². The Balaban J connectivity index is 3.46. The highest BCUT2D eigenvalue weighted by Gasteiger charge is 2.94. The molecule has 0 fully saturated rings. The number of hydrogen-bond acceptors (Lipinski definition) is 3. The highest BCUT2D eigenvalue weighted by atomic mass is 32.2. The number of benzene rings is 1. The van der Waals surface area contributed by atoms with Gasteiger partial charge >= 0.3 is 47.6 Å². The molecule has 1 aromatic carbocycles. The molecule has 1 aromatic rings. The standard InChI is InChI=1S/C14H6F15NO4S/c15-8(16,7(31)30-5-1-3-6(4-2-5)35(32,33)34)9(17,18)10(19,20)11(21,22)12(23,24)13(25,26)14(27,28)29/h1-4H,(H,30,31)(H,32,33,34). The monoisotopic (exact) mass is 569 g/mol. The molecule has 2 N–H and O–H groups in total. The molecule has 202 valence electrons. The number of alkyl halides is 15. The molecule has 0 aromatic heterocycles. The van der Waals surface area contributed by atoms with E-state index in [0.29, 0.717) is 17.4 Å². The maximum Gasteiger partial charge on any atom is 0.460 e. The summed E-state index contributed by atoms with van der Waals surface area (Å²) in [6, 6.07) is 1.06. The van der Waals surface area contributed by atoms with Crippen LogP contribution >= 0.6 is 0 Å². The topological polar surface area (TPSA) is 83.5 Å². The predicted octanol–water partition coefficient (Wildman–Crippen LogP) is 5.25. The van der Waals surface area contributed by atoms with Crippen LogP contribution in [-0.2, 0) is 14.9 Å². The summed E-state index contributed by atoms with van der Waals surface area (Å²) in [7, 11) is -4.95. The second kappa shape index (κ2) is 8.30. The first-order valence-electron chi connectivity index (χ1n) is 7.83. The molecule has 0 atom stereocenters. The van der Waals surface area contributed by atoms with Gasteiger partial charge in [-0.1, -0.05) is 0 Å². The van der Waals surface area contributed by atoms with Crippen LogP contribution in [0.5, 0.6) is 0 Å². The minimum atomic E-state index is -8.54. The zero-order chi connectivity index (χ0) is 28.3. The molecule has 1 amide bonds. The lowest BCUT2D eigenvalue weighted by atomic mass is 9.91. The first-order chi connectivity index (χ1) is 15.1. The predicted molar refractivity (Wildman–Crippen MR) is 80.6 cm³/mol. The SMILES string of the molecule is O=C(Nc1ccc(S(=O)(=O)O)cc1)C(F)(F)C(F)(F)C(F)(F)C(F)(F)C(F)(F)C(F)(F)C(F)(F)F. The van der Waals surface area contributed by atoms with Crippen LogP contribution in [0.1, 0.15) is 0 Å². The highest BCUT2D eigenvalue weighted by Crippen LogP contribution is 2.62. The molecule has 5 nitrogen and oxygen atoms in total. The van der Waals surface area contributed by atoms with Crippen molar-refractivity contribution in [3.05, 3.63) is 24.3 Å². The van der Waals surface area contributed by atoms with Gasteiger partial charge in [0, 0.05) is 5.69 Å². The van der Waals surface area contributed by atoms with Crippen molar-refractivity contribution in [3.63, 3.8) is 0 Å². The van der Waals surface area contributed by atoms with Crippen molar-refractivity contribution in [2.24, 2.45) is 0 Å². The maximum absolute atomic E-state index is 13.7. The van der Waals surface area contributed by atoms with Crippen molar-refractivity contribution < 1.29 is 83.6 Å². The summed E-state index contributed by atoms with van der Waals surface area (Å²) in [5.74, 6) is -52.5. The number of hydrogen-bond donors (Lipinski definition) is 2. The Morgan fingerprint density at radius 2 is 0.971 bits per heavy atom. The molecular weight excluding hydrogens is 563 g/mol. The molecule has 0 radical (unpaired) electrons. The molecule has 0 aliphatic carbocycles. The molecule has 0 saturated carbocycles. The number of carbonyl (C=O) groups is 1. The number of halogens is 15. The van der Waals surface area contributed by atoms with Gasteiger partial charge in [-0.2, -0.15) is 74.3 Å². The number of carbonyl (C=O) groups excluding carboxylic acids is 1. The quantitative estimate of drug-likeness (QED) is 0.331. The van der Waals surface area contributed by atoms with Crippen molar-refractivity contribution in [1.29, 1.82) is 0 Å². The van der Waals surface area contributed by atoms with Crippen LogP contribution in [0.25, 0.3) is 0 Å². The zero-order valence-electron chi connectivity index (χ0n) is 15.6. The van der Waals surface area contributed by atoms with Gasteiger partial charge in [0.25, 0.3) is 10.1 Å². The number of amides is 1. The van der Waals surface area contributed by atoms with E-state index >= 15 is 0 Å². The lowest BCUT2D eigenvalue weighted by molar-refractivity contribution is -0.449. The Labute approximate surface area is 182 Å². The van der Waals surface area contributed by atoms with E-state index in [0.717, 1.165) is 0 Å². The van der Waals surface area contributed by atoms with Gasteiger partial charge in [-0.25, -0.2) is 0 Å². The summed E-state index contributed by atoms with van der Waals surface area (Å²) >= 11 is 0. The molecule has 0 aliphatic heterocycles. The summed E-state index contributed by atoms with van der Waals surface area (Å²) < 4.78 is 226. The molecule has 0 unspecified atom stereocenters. The molecular formula is C14H6F15NO4S. The van der Waals surface area contributed by atoms with Crippen molar-refractivity contribution in [1.82, 2.24) is 0 Å². The number of rotatable bonds is 8. The molecule has 35 heavy (non-hydrogen) atoms. The van der Waals surface area contributed by atoms with Crippen molar-refractivity contribution >= 4 is 21.7 Å². The van der Waals surface area contributed by atoms with Crippen LogP contribution in [0, 0.1) is 0 Å². The fourth-order valence-electron chi connectivity index (χ4n) is 2.03. The molecule has 0 saturated heterocycles. The maximum atomic E-state index is 13.7. The van der Waals surface area contributed by atoms with E-state index in [2.05, 4.69) is 0 Å². The Morgan fingerprint density at radius 3 is 1.31 bits per heavy atom. The first kappa shape index (κ1) is 30.6. The van der Waals surface area contributed by atoms with Crippen molar-refractivity contribution in [2.75, 3.05) is 5.32 Å².